The first-order chi connectivity index (χ1) is 12.3. The highest BCUT2D eigenvalue weighted by Gasteiger charge is 2.36. The fraction of sp³-hybridized carbons (Fsp3) is 0.667. The lowest BCUT2D eigenvalue weighted by atomic mass is 10.0. The predicted molar refractivity (Wildman–Crippen MR) is 113 cm³/mol. The van der Waals surface area contributed by atoms with E-state index in [4.69, 9.17) is 4.74 Å². The summed E-state index contributed by atoms with van der Waals surface area (Å²) in [6.07, 6.45) is 6.50. The highest BCUT2D eigenvalue weighted by atomic mass is 35.5. The molecule has 5 heterocycles. The van der Waals surface area contributed by atoms with Gasteiger partial charge in [0.25, 0.3) is 5.56 Å². The zero-order chi connectivity index (χ0) is 16.8. The van der Waals surface area contributed by atoms with Crippen LogP contribution in [0.2, 0.25) is 0 Å². The van der Waals surface area contributed by atoms with Crippen LogP contribution in [0, 0.1) is 0 Å². The minimum Gasteiger partial charge on any atom is -0.378 e. The molecule has 3 aliphatic rings. The van der Waals surface area contributed by atoms with Crippen molar-refractivity contribution in [3.8, 4) is 0 Å². The molecule has 1 N–H and O–H groups in total. The number of piperidine rings is 1. The Kier molecular flexibility index (Phi) is 6.82. The molecule has 0 unspecified atom stereocenters. The molecule has 2 atom stereocenters. The Bertz CT molecular complexity index is 850. The molecule has 2 saturated heterocycles. The van der Waals surface area contributed by atoms with Crippen LogP contribution in [0.3, 0.4) is 0 Å². The molecular formula is C18H26Cl2N4O2S. The van der Waals surface area contributed by atoms with Gasteiger partial charge in [-0.15, -0.1) is 36.2 Å². The molecule has 0 saturated carbocycles. The van der Waals surface area contributed by atoms with Gasteiger partial charge in [-0.1, -0.05) is 6.42 Å². The maximum atomic E-state index is 13.3. The maximum Gasteiger partial charge on any atom is 0.262 e. The van der Waals surface area contributed by atoms with Crippen LogP contribution < -0.4 is 10.9 Å². The van der Waals surface area contributed by atoms with Crippen molar-refractivity contribution in [1.82, 2.24) is 19.8 Å². The van der Waals surface area contributed by atoms with Crippen molar-refractivity contribution in [1.29, 1.82) is 0 Å². The fourth-order valence-electron chi connectivity index (χ4n) is 4.56. The van der Waals surface area contributed by atoms with Crippen LogP contribution in [-0.4, -0.2) is 53.3 Å². The van der Waals surface area contributed by atoms with E-state index in [2.05, 4.69) is 15.2 Å². The van der Waals surface area contributed by atoms with Gasteiger partial charge in [0, 0.05) is 11.4 Å². The molecule has 2 aromatic rings. The number of nitrogens with zero attached hydrogens (tertiary/aromatic N) is 3. The number of ether oxygens (including phenoxy) is 1. The lowest BCUT2D eigenvalue weighted by molar-refractivity contribution is 0.122. The van der Waals surface area contributed by atoms with Crippen molar-refractivity contribution >= 4 is 46.4 Å². The lowest BCUT2D eigenvalue weighted by Crippen LogP contribution is -2.45. The summed E-state index contributed by atoms with van der Waals surface area (Å²) >= 11 is 1.67. The molecule has 0 radical (unpaired) electrons. The summed E-state index contributed by atoms with van der Waals surface area (Å²) in [5.74, 6) is 0. The third-order valence-electron chi connectivity index (χ3n) is 5.90. The molecule has 0 aromatic carbocycles. The van der Waals surface area contributed by atoms with Crippen LogP contribution >= 0.6 is 36.2 Å². The molecule has 3 aliphatic heterocycles. The van der Waals surface area contributed by atoms with E-state index in [0.717, 1.165) is 49.4 Å². The monoisotopic (exact) mass is 432 g/mol. The van der Waals surface area contributed by atoms with Gasteiger partial charge in [0.15, 0.2) is 0 Å². The van der Waals surface area contributed by atoms with Crippen molar-refractivity contribution < 1.29 is 4.74 Å². The van der Waals surface area contributed by atoms with Crippen LogP contribution in [0.15, 0.2) is 11.1 Å². The Morgan fingerprint density at radius 2 is 1.93 bits per heavy atom. The summed E-state index contributed by atoms with van der Waals surface area (Å²) in [5, 5.41) is 4.24. The smallest absolute Gasteiger partial charge is 0.262 e. The van der Waals surface area contributed by atoms with Crippen LogP contribution in [0.25, 0.3) is 10.2 Å². The second kappa shape index (κ2) is 8.76. The summed E-state index contributed by atoms with van der Waals surface area (Å²) in [6, 6.07) is 0.383. The van der Waals surface area contributed by atoms with Gasteiger partial charge >= 0.3 is 0 Å². The minimum atomic E-state index is 0. The van der Waals surface area contributed by atoms with E-state index in [9.17, 15) is 4.79 Å². The van der Waals surface area contributed by atoms with Crippen LogP contribution in [0.1, 0.15) is 35.7 Å². The quantitative estimate of drug-likeness (QED) is 0.788. The number of nitrogens with one attached hydrogen (secondary N) is 1. The van der Waals surface area contributed by atoms with Crippen molar-refractivity contribution in [3.05, 3.63) is 27.1 Å². The number of likely N-dealkylation sites (tertiary alicyclic amines) is 1. The SMILES string of the molecule is Cl.Cl.O=c1c2c3c(sc2ncn1[C@H]1COC[C@@H]1N1CCCCC1)CNCC3. The molecular weight excluding hydrogens is 407 g/mol. The first-order valence-electron chi connectivity index (χ1n) is 9.37. The number of thiophene rings is 1. The molecule has 2 aromatic heterocycles. The van der Waals surface area contributed by atoms with Gasteiger partial charge in [-0.05, 0) is 44.5 Å². The summed E-state index contributed by atoms with van der Waals surface area (Å²) in [6.45, 7) is 5.38. The van der Waals surface area contributed by atoms with Crippen molar-refractivity contribution in [2.24, 2.45) is 0 Å². The van der Waals surface area contributed by atoms with Gasteiger partial charge in [0.05, 0.1) is 37.0 Å². The first kappa shape index (κ1) is 21.0. The average molecular weight is 433 g/mol. The van der Waals surface area contributed by atoms with Crippen molar-refractivity contribution in [2.75, 3.05) is 32.8 Å². The van der Waals surface area contributed by atoms with E-state index < -0.39 is 0 Å². The number of rotatable bonds is 2. The zero-order valence-electron chi connectivity index (χ0n) is 15.2. The topological polar surface area (TPSA) is 59.4 Å². The van der Waals surface area contributed by atoms with E-state index in [1.165, 1.54) is 29.7 Å². The van der Waals surface area contributed by atoms with Crippen LogP contribution in [0.5, 0.6) is 0 Å². The molecule has 9 heteroatoms. The van der Waals surface area contributed by atoms with E-state index in [1.54, 1.807) is 17.7 Å². The highest BCUT2D eigenvalue weighted by Crippen LogP contribution is 2.31. The predicted octanol–water partition coefficient (Wildman–Crippen LogP) is 2.37. The largest absolute Gasteiger partial charge is 0.378 e. The molecule has 0 spiro atoms. The lowest BCUT2D eigenvalue weighted by Gasteiger charge is -2.34. The highest BCUT2D eigenvalue weighted by molar-refractivity contribution is 7.18. The van der Waals surface area contributed by atoms with E-state index >= 15 is 0 Å². The van der Waals surface area contributed by atoms with Gasteiger partial charge in [0.1, 0.15) is 4.83 Å². The van der Waals surface area contributed by atoms with Crippen molar-refractivity contribution in [2.45, 2.75) is 44.3 Å². The van der Waals surface area contributed by atoms with Gasteiger partial charge < -0.3 is 10.1 Å². The van der Waals surface area contributed by atoms with E-state index in [0.29, 0.717) is 12.6 Å². The standard InChI is InChI=1S/C18H24N4O2S.2ClH/c23-18-16-12-4-5-19-8-15(12)25-17(16)20-11-22(18)14-10-24-9-13(14)21-6-2-1-3-7-21;;/h11,13-14,19H,1-10H2;2*1H/t13-,14-;;/m0../s1. The molecule has 0 amide bonds. The Hall–Kier alpha value is -0.700. The Labute approximate surface area is 175 Å². The van der Waals surface area contributed by atoms with Crippen molar-refractivity contribution in [3.63, 3.8) is 0 Å². The average Bonchev–Trinajstić information content (AvgIpc) is 3.27. The summed E-state index contributed by atoms with van der Waals surface area (Å²) in [5.41, 5.74) is 1.35. The maximum absolute atomic E-state index is 13.3. The second-order valence-corrected chi connectivity index (χ2v) is 8.42. The summed E-state index contributed by atoms with van der Waals surface area (Å²) in [7, 11) is 0. The third-order valence-corrected chi connectivity index (χ3v) is 7.04. The fourth-order valence-corrected chi connectivity index (χ4v) is 5.71. The van der Waals surface area contributed by atoms with Gasteiger partial charge in [-0.25, -0.2) is 4.98 Å². The van der Waals surface area contributed by atoms with E-state index in [-0.39, 0.29) is 36.4 Å². The zero-order valence-corrected chi connectivity index (χ0v) is 17.6. The van der Waals surface area contributed by atoms with Gasteiger partial charge in [-0.3, -0.25) is 14.3 Å². The Morgan fingerprint density at radius 1 is 1.15 bits per heavy atom. The number of hydrogen-bond donors (Lipinski definition) is 1. The summed E-state index contributed by atoms with van der Waals surface area (Å²) in [4.78, 5) is 22.7. The molecule has 2 fully saturated rings. The summed E-state index contributed by atoms with van der Waals surface area (Å²) < 4.78 is 7.67. The molecule has 5 rings (SSSR count). The van der Waals surface area contributed by atoms with Crippen LogP contribution in [-0.2, 0) is 17.7 Å². The molecule has 0 bridgehead atoms. The minimum absolute atomic E-state index is 0. The normalized spacial score (nSPS) is 25.6. The Morgan fingerprint density at radius 3 is 2.74 bits per heavy atom. The molecule has 150 valence electrons. The number of fused-ring (bicyclic) bond motifs is 3. The number of hydrogen-bond acceptors (Lipinski definition) is 6. The van der Waals surface area contributed by atoms with Crippen LogP contribution in [0.4, 0.5) is 0 Å². The molecule has 27 heavy (non-hydrogen) atoms. The van der Waals surface area contributed by atoms with E-state index in [1.807, 2.05) is 4.57 Å². The molecule has 6 nitrogen and oxygen atoms in total. The second-order valence-electron chi connectivity index (χ2n) is 7.34. The Balaban J connectivity index is 0.00000105. The van der Waals surface area contributed by atoms with Gasteiger partial charge in [0.2, 0.25) is 0 Å². The first-order valence-corrected chi connectivity index (χ1v) is 10.2. The van der Waals surface area contributed by atoms with Gasteiger partial charge in [-0.2, -0.15) is 0 Å². The third kappa shape index (κ3) is 3.66. The molecule has 0 aliphatic carbocycles. The number of aromatic nitrogens is 2. The number of halogens is 2.